The van der Waals surface area contributed by atoms with Crippen molar-refractivity contribution in [2.75, 3.05) is 26.3 Å². The van der Waals surface area contributed by atoms with Gasteiger partial charge in [-0.05, 0) is 31.5 Å². The van der Waals surface area contributed by atoms with E-state index in [0.29, 0.717) is 33.4 Å². The Morgan fingerprint density at radius 1 is 1.14 bits per heavy atom. The zero-order chi connectivity index (χ0) is 20.3. The number of anilines is 1. The summed E-state index contributed by atoms with van der Waals surface area (Å²) in [6.07, 6.45) is -0.535. The number of fused-ring (bicyclic) bond motifs is 4. The van der Waals surface area contributed by atoms with Crippen LogP contribution in [-0.2, 0) is 0 Å². The molecule has 150 valence electrons. The summed E-state index contributed by atoms with van der Waals surface area (Å²) in [6, 6.07) is 3.82. The number of pyridine rings is 1. The average Bonchev–Trinajstić information content (AvgIpc) is 3.30. The maximum absolute atomic E-state index is 12.9. The molecule has 0 unspecified atom stereocenters. The first-order valence-corrected chi connectivity index (χ1v) is 9.86. The van der Waals surface area contributed by atoms with Crippen molar-refractivity contribution in [1.29, 1.82) is 0 Å². The van der Waals surface area contributed by atoms with Crippen molar-refractivity contribution >= 4 is 33.1 Å². The number of hydrogen-bond acceptors (Lipinski definition) is 8. The van der Waals surface area contributed by atoms with Crippen LogP contribution in [0.2, 0.25) is 0 Å². The lowest BCUT2D eigenvalue weighted by atomic mass is 10.0. The fraction of sp³-hybridized carbons (Fsp3) is 0.300. The lowest BCUT2D eigenvalue weighted by Crippen LogP contribution is -2.37. The Bertz CT molecular complexity index is 1170. The molecule has 1 atom stereocenters. The van der Waals surface area contributed by atoms with E-state index in [4.69, 9.17) is 18.9 Å². The number of rotatable bonds is 3. The van der Waals surface area contributed by atoms with Gasteiger partial charge in [-0.25, -0.2) is 4.98 Å². The van der Waals surface area contributed by atoms with E-state index in [0.717, 1.165) is 27.2 Å². The van der Waals surface area contributed by atoms with Gasteiger partial charge >= 0.3 is 0 Å². The highest BCUT2D eigenvalue weighted by Crippen LogP contribution is 2.51. The van der Waals surface area contributed by atoms with E-state index in [2.05, 4.69) is 15.6 Å². The Labute approximate surface area is 170 Å². The number of methoxy groups -OCH3 is 2. The van der Waals surface area contributed by atoms with Gasteiger partial charge in [-0.15, -0.1) is 11.3 Å². The summed E-state index contributed by atoms with van der Waals surface area (Å²) in [7, 11) is 3.09. The molecule has 0 radical (unpaired) electrons. The summed E-state index contributed by atoms with van der Waals surface area (Å²) in [5, 5.41) is 7.41. The van der Waals surface area contributed by atoms with E-state index in [1.807, 2.05) is 19.9 Å². The Kier molecular flexibility index (Phi) is 3.95. The van der Waals surface area contributed by atoms with Gasteiger partial charge in [-0.1, -0.05) is 0 Å². The number of aromatic nitrogens is 1. The van der Waals surface area contributed by atoms with Crippen molar-refractivity contribution in [3.05, 3.63) is 33.8 Å². The van der Waals surface area contributed by atoms with Crippen LogP contribution in [0.1, 0.15) is 32.7 Å². The molecule has 0 saturated heterocycles. The minimum atomic E-state index is -0.535. The van der Waals surface area contributed by atoms with Crippen molar-refractivity contribution < 1.29 is 23.7 Å². The number of nitrogens with zero attached hydrogens (tertiary/aromatic N) is 1. The molecular formula is C20H19N3O5S. The van der Waals surface area contributed by atoms with Crippen LogP contribution in [0, 0.1) is 13.8 Å². The number of benzene rings is 1. The van der Waals surface area contributed by atoms with Crippen molar-refractivity contribution in [2.24, 2.45) is 0 Å². The number of carbonyl (C=O) groups is 1. The van der Waals surface area contributed by atoms with E-state index in [9.17, 15) is 4.79 Å². The largest absolute Gasteiger partial charge is 0.492 e. The van der Waals surface area contributed by atoms with E-state index in [-0.39, 0.29) is 12.7 Å². The quantitative estimate of drug-likeness (QED) is 0.679. The third kappa shape index (κ3) is 2.57. The zero-order valence-corrected chi connectivity index (χ0v) is 17.2. The molecule has 0 fully saturated rings. The number of amides is 1. The molecular weight excluding hydrogens is 394 g/mol. The summed E-state index contributed by atoms with van der Waals surface area (Å²) in [6.45, 7) is 4.08. The van der Waals surface area contributed by atoms with Crippen molar-refractivity contribution in [1.82, 2.24) is 10.3 Å². The molecule has 2 N–H and O–H groups in total. The molecule has 0 bridgehead atoms. The van der Waals surface area contributed by atoms with Gasteiger partial charge < -0.3 is 29.6 Å². The van der Waals surface area contributed by atoms with E-state index in [1.165, 1.54) is 11.3 Å². The SMILES string of the molecule is COc1c([C@@H]2NC(=O)c3sc4nc(C)cc(C)c4c3N2)cc2c(c1OC)OCO2. The van der Waals surface area contributed by atoms with Crippen LogP contribution >= 0.6 is 11.3 Å². The molecule has 0 spiro atoms. The number of carbonyl (C=O) groups excluding carboxylic acids is 1. The second-order valence-corrected chi connectivity index (χ2v) is 7.88. The first-order chi connectivity index (χ1) is 14.0. The van der Waals surface area contributed by atoms with Crippen LogP contribution in [0.5, 0.6) is 23.0 Å². The number of hydrogen-bond donors (Lipinski definition) is 2. The Morgan fingerprint density at radius 2 is 1.93 bits per heavy atom. The maximum atomic E-state index is 12.9. The van der Waals surface area contributed by atoms with Crippen LogP contribution in [0.25, 0.3) is 10.2 Å². The summed E-state index contributed by atoms with van der Waals surface area (Å²) in [5.41, 5.74) is 3.46. The van der Waals surface area contributed by atoms with Crippen LogP contribution < -0.4 is 29.6 Å². The Morgan fingerprint density at radius 3 is 2.69 bits per heavy atom. The standard InChI is InChI=1S/C20H19N3O5S/c1-8-5-9(2)21-20-12(8)13-17(29-20)19(24)23-18(22-13)10-6-11-15(28-7-27-11)16(26-4)14(10)25-3/h5-6,18,22H,7H2,1-4H3,(H,23,24)/t18-/m0/s1. The number of thiophene rings is 1. The number of nitrogens with one attached hydrogen (secondary N) is 2. The van der Waals surface area contributed by atoms with Gasteiger partial charge in [0.05, 0.1) is 19.9 Å². The molecule has 29 heavy (non-hydrogen) atoms. The first-order valence-electron chi connectivity index (χ1n) is 9.04. The fourth-order valence-corrected chi connectivity index (χ4v) is 5.06. The topological polar surface area (TPSA) is 90.9 Å². The molecule has 2 aromatic heterocycles. The number of ether oxygens (including phenoxy) is 4. The van der Waals surface area contributed by atoms with Gasteiger partial charge in [0.2, 0.25) is 18.3 Å². The molecule has 2 aliphatic heterocycles. The zero-order valence-electron chi connectivity index (χ0n) is 16.3. The van der Waals surface area contributed by atoms with Crippen molar-refractivity contribution in [3.8, 4) is 23.0 Å². The molecule has 1 aromatic carbocycles. The first kappa shape index (κ1) is 17.9. The summed E-state index contributed by atoms with van der Waals surface area (Å²) < 4.78 is 22.2. The Hall–Kier alpha value is -3.20. The van der Waals surface area contributed by atoms with E-state index >= 15 is 0 Å². The highest BCUT2D eigenvalue weighted by atomic mass is 32.1. The molecule has 4 heterocycles. The molecule has 8 nitrogen and oxygen atoms in total. The van der Waals surface area contributed by atoms with Crippen LogP contribution in [0.4, 0.5) is 5.69 Å². The van der Waals surface area contributed by atoms with Gasteiger partial charge in [0.15, 0.2) is 11.5 Å². The van der Waals surface area contributed by atoms with E-state index in [1.54, 1.807) is 20.3 Å². The number of aryl methyl sites for hydroxylation is 2. The lowest BCUT2D eigenvalue weighted by molar-refractivity contribution is 0.0939. The van der Waals surface area contributed by atoms with Crippen LogP contribution in [0.3, 0.4) is 0 Å². The van der Waals surface area contributed by atoms with Crippen LogP contribution in [-0.4, -0.2) is 31.9 Å². The summed E-state index contributed by atoms with van der Waals surface area (Å²) >= 11 is 1.38. The molecule has 9 heteroatoms. The van der Waals surface area contributed by atoms with Crippen molar-refractivity contribution in [2.45, 2.75) is 20.0 Å². The summed E-state index contributed by atoms with van der Waals surface area (Å²) in [5.74, 6) is 1.78. The lowest BCUT2D eigenvalue weighted by Gasteiger charge is -2.28. The van der Waals surface area contributed by atoms with Crippen molar-refractivity contribution in [3.63, 3.8) is 0 Å². The fourth-order valence-electron chi connectivity index (χ4n) is 3.90. The van der Waals surface area contributed by atoms with Gasteiger partial charge in [0.25, 0.3) is 5.91 Å². The average molecular weight is 413 g/mol. The third-order valence-electron chi connectivity index (χ3n) is 5.08. The molecule has 0 aliphatic carbocycles. The van der Waals surface area contributed by atoms with E-state index < -0.39 is 6.17 Å². The smallest absolute Gasteiger partial charge is 0.265 e. The monoisotopic (exact) mass is 413 g/mol. The maximum Gasteiger partial charge on any atom is 0.265 e. The Balaban J connectivity index is 1.67. The molecule has 5 rings (SSSR count). The van der Waals surface area contributed by atoms with Gasteiger partial charge in [-0.2, -0.15) is 0 Å². The highest BCUT2D eigenvalue weighted by molar-refractivity contribution is 7.21. The predicted molar refractivity (Wildman–Crippen MR) is 109 cm³/mol. The summed E-state index contributed by atoms with van der Waals surface area (Å²) in [4.78, 5) is 19.0. The minimum absolute atomic E-state index is 0.103. The normalized spacial score (nSPS) is 17.0. The second kappa shape index (κ2) is 6.41. The second-order valence-electron chi connectivity index (χ2n) is 6.88. The molecule has 0 saturated carbocycles. The highest BCUT2D eigenvalue weighted by Gasteiger charge is 2.35. The molecule has 1 amide bonds. The predicted octanol–water partition coefficient (Wildman–Crippen LogP) is 3.51. The van der Waals surface area contributed by atoms with Gasteiger partial charge in [-0.3, -0.25) is 4.79 Å². The van der Waals surface area contributed by atoms with Gasteiger partial charge in [0.1, 0.15) is 15.9 Å². The van der Waals surface area contributed by atoms with Crippen LogP contribution in [0.15, 0.2) is 12.1 Å². The minimum Gasteiger partial charge on any atom is -0.492 e. The molecule has 2 aliphatic rings. The third-order valence-corrected chi connectivity index (χ3v) is 6.16. The van der Waals surface area contributed by atoms with Gasteiger partial charge in [0, 0.05) is 16.6 Å². The molecule has 3 aromatic rings.